The van der Waals surface area contributed by atoms with Gasteiger partial charge in [-0.1, -0.05) is 47.6 Å². The van der Waals surface area contributed by atoms with Crippen LogP contribution in [0.25, 0.3) is 10.4 Å². The van der Waals surface area contributed by atoms with E-state index in [2.05, 4.69) is 10.0 Å². The highest BCUT2D eigenvalue weighted by atomic mass is 16.5. The maximum Gasteiger partial charge on any atom is 0.161 e. The first-order valence-electron chi connectivity index (χ1n) is 13.5. The van der Waals surface area contributed by atoms with Gasteiger partial charge in [0.1, 0.15) is 0 Å². The van der Waals surface area contributed by atoms with Gasteiger partial charge >= 0.3 is 0 Å². The molecule has 224 valence electrons. The zero-order chi connectivity index (χ0) is 29.9. The SMILES string of the molecule is COc1ccc(CO[C@H]2[C@H](O)[C@@H](N=[N+]=[N-])[C@@H](OCc3ccc(OC)c(OC)c3)[C@@H]2COCc2ccccc2)cc1OC. The summed E-state index contributed by atoms with van der Waals surface area (Å²) in [5.74, 6) is 1.88. The Labute approximate surface area is 245 Å². The van der Waals surface area contributed by atoms with Crippen LogP contribution in [0, 0.1) is 5.92 Å². The average Bonchev–Trinajstić information content (AvgIpc) is 3.28. The third kappa shape index (κ3) is 7.44. The number of ether oxygens (including phenoxy) is 7. The van der Waals surface area contributed by atoms with Gasteiger partial charge in [-0.3, -0.25) is 0 Å². The minimum Gasteiger partial charge on any atom is -0.493 e. The van der Waals surface area contributed by atoms with E-state index in [9.17, 15) is 10.6 Å². The van der Waals surface area contributed by atoms with Crippen molar-refractivity contribution in [3.05, 3.63) is 93.9 Å². The third-order valence-corrected chi connectivity index (χ3v) is 7.25. The van der Waals surface area contributed by atoms with Crippen LogP contribution in [0.5, 0.6) is 23.0 Å². The molecule has 1 aliphatic rings. The first kappa shape index (κ1) is 31.0. The largest absolute Gasteiger partial charge is 0.493 e. The van der Waals surface area contributed by atoms with Crippen molar-refractivity contribution in [1.82, 2.24) is 0 Å². The highest BCUT2D eigenvalue weighted by molar-refractivity contribution is 5.43. The molecule has 4 rings (SSSR count). The molecule has 3 aromatic rings. The van der Waals surface area contributed by atoms with Crippen LogP contribution in [0.2, 0.25) is 0 Å². The normalized spacial score (nSPS) is 21.4. The molecule has 42 heavy (non-hydrogen) atoms. The van der Waals surface area contributed by atoms with E-state index in [0.29, 0.717) is 29.6 Å². The Bertz CT molecular complexity index is 1340. The van der Waals surface area contributed by atoms with Gasteiger partial charge in [-0.25, -0.2) is 0 Å². The number of azide groups is 1. The molecule has 1 fully saturated rings. The number of aliphatic hydroxyl groups is 1. The first-order valence-corrected chi connectivity index (χ1v) is 13.5. The molecule has 11 heteroatoms. The van der Waals surface area contributed by atoms with E-state index >= 15 is 0 Å². The highest BCUT2D eigenvalue weighted by Gasteiger charge is 2.51. The Balaban J connectivity index is 1.56. The summed E-state index contributed by atoms with van der Waals surface area (Å²) in [5, 5.41) is 15.3. The van der Waals surface area contributed by atoms with E-state index in [0.717, 1.165) is 16.7 Å². The van der Waals surface area contributed by atoms with Gasteiger partial charge in [-0.05, 0) is 46.5 Å². The van der Waals surface area contributed by atoms with Crippen molar-refractivity contribution < 1.29 is 38.3 Å². The minimum atomic E-state index is -1.12. The summed E-state index contributed by atoms with van der Waals surface area (Å²) in [6, 6.07) is 19.8. The molecule has 0 aliphatic heterocycles. The molecule has 0 radical (unpaired) electrons. The summed E-state index contributed by atoms with van der Waals surface area (Å²) in [6.45, 7) is 0.913. The monoisotopic (exact) mass is 579 g/mol. The van der Waals surface area contributed by atoms with Crippen molar-refractivity contribution in [3.63, 3.8) is 0 Å². The number of benzene rings is 3. The first-order chi connectivity index (χ1) is 20.5. The zero-order valence-electron chi connectivity index (χ0n) is 24.2. The summed E-state index contributed by atoms with van der Waals surface area (Å²) >= 11 is 0. The summed E-state index contributed by atoms with van der Waals surface area (Å²) < 4.78 is 40.2. The van der Waals surface area contributed by atoms with Crippen LogP contribution < -0.4 is 18.9 Å². The van der Waals surface area contributed by atoms with Crippen molar-refractivity contribution >= 4 is 0 Å². The van der Waals surface area contributed by atoms with Crippen LogP contribution in [0.15, 0.2) is 71.8 Å². The second-order valence-corrected chi connectivity index (χ2v) is 9.78. The molecule has 1 aliphatic carbocycles. The van der Waals surface area contributed by atoms with Crippen LogP contribution in [0.4, 0.5) is 0 Å². The maximum atomic E-state index is 11.3. The lowest BCUT2D eigenvalue weighted by molar-refractivity contribution is -0.0868. The summed E-state index contributed by atoms with van der Waals surface area (Å²) in [4.78, 5) is 3.00. The predicted octanol–water partition coefficient (Wildman–Crippen LogP) is 5.08. The molecule has 1 N–H and O–H groups in total. The van der Waals surface area contributed by atoms with Crippen LogP contribution in [0.1, 0.15) is 16.7 Å². The van der Waals surface area contributed by atoms with Gasteiger partial charge in [0.15, 0.2) is 23.0 Å². The van der Waals surface area contributed by atoms with E-state index in [1.807, 2.05) is 54.6 Å². The zero-order valence-corrected chi connectivity index (χ0v) is 24.2. The van der Waals surface area contributed by atoms with Gasteiger partial charge in [0, 0.05) is 10.8 Å². The molecule has 0 aromatic heterocycles. The lowest BCUT2D eigenvalue weighted by atomic mass is 10.0. The maximum absolute atomic E-state index is 11.3. The standard InChI is InChI=1S/C31H37N3O8/c1-36-24-12-10-21(14-26(24)38-3)17-41-30-23(19-40-16-20-8-6-5-7-9-20)31(29(35)28(30)33-34-32)42-18-22-11-13-25(37-2)27(15-22)39-4/h5-15,23,28-31,35H,16-19H2,1-4H3/t23-,28+,29+,30-,31+/m0/s1. The van der Waals surface area contributed by atoms with Gasteiger partial charge in [0.25, 0.3) is 0 Å². The molecule has 0 spiro atoms. The molecule has 0 amide bonds. The Morgan fingerprint density at radius 3 is 1.76 bits per heavy atom. The number of rotatable bonds is 15. The highest BCUT2D eigenvalue weighted by Crippen LogP contribution is 2.37. The van der Waals surface area contributed by atoms with E-state index in [1.165, 1.54) is 0 Å². The molecule has 5 atom stereocenters. The average molecular weight is 580 g/mol. The van der Waals surface area contributed by atoms with Gasteiger partial charge in [0.05, 0.1) is 79.2 Å². The van der Waals surface area contributed by atoms with Crippen molar-refractivity contribution in [2.45, 2.75) is 44.2 Å². The molecule has 0 bridgehead atoms. The van der Waals surface area contributed by atoms with Gasteiger partial charge in [-0.15, -0.1) is 0 Å². The Hall–Kier alpha value is -3.99. The van der Waals surface area contributed by atoms with E-state index < -0.39 is 30.3 Å². The Morgan fingerprint density at radius 1 is 0.690 bits per heavy atom. The Morgan fingerprint density at radius 2 is 1.24 bits per heavy atom. The van der Waals surface area contributed by atoms with E-state index in [4.69, 9.17) is 33.2 Å². The smallest absolute Gasteiger partial charge is 0.161 e. The van der Waals surface area contributed by atoms with Crippen molar-refractivity contribution in [2.75, 3.05) is 35.0 Å². The van der Waals surface area contributed by atoms with Crippen molar-refractivity contribution in [1.29, 1.82) is 0 Å². The van der Waals surface area contributed by atoms with Gasteiger partial charge in [0.2, 0.25) is 0 Å². The quantitative estimate of drug-likeness (QED) is 0.150. The van der Waals surface area contributed by atoms with Gasteiger partial charge in [-0.2, -0.15) is 0 Å². The minimum absolute atomic E-state index is 0.169. The lowest BCUT2D eigenvalue weighted by Gasteiger charge is -2.26. The van der Waals surface area contributed by atoms with E-state index in [-0.39, 0.29) is 19.8 Å². The molecule has 0 unspecified atom stereocenters. The molecule has 0 heterocycles. The van der Waals surface area contributed by atoms with E-state index in [1.54, 1.807) is 40.6 Å². The topological polar surface area (TPSA) is 134 Å². The number of hydrogen-bond donors (Lipinski definition) is 1. The molecule has 1 saturated carbocycles. The summed E-state index contributed by atoms with van der Waals surface area (Å²) in [6.07, 6.45) is -2.54. The molecular formula is C31H37N3O8. The Kier molecular flexibility index (Phi) is 11.3. The second kappa shape index (κ2) is 15.3. The fraction of sp³-hybridized carbons (Fsp3) is 0.419. The van der Waals surface area contributed by atoms with Crippen LogP contribution in [0.3, 0.4) is 0 Å². The van der Waals surface area contributed by atoms with Crippen molar-refractivity contribution in [2.24, 2.45) is 11.0 Å². The van der Waals surface area contributed by atoms with Crippen LogP contribution >= 0.6 is 0 Å². The molecule has 3 aromatic carbocycles. The lowest BCUT2D eigenvalue weighted by Crippen LogP contribution is -2.34. The van der Waals surface area contributed by atoms with Crippen molar-refractivity contribution in [3.8, 4) is 23.0 Å². The predicted molar refractivity (Wildman–Crippen MR) is 155 cm³/mol. The second-order valence-electron chi connectivity index (χ2n) is 9.78. The summed E-state index contributed by atoms with van der Waals surface area (Å²) in [5.41, 5.74) is 12.0. The molecule has 0 saturated heterocycles. The molecular weight excluding hydrogens is 542 g/mol. The number of nitrogens with zero attached hydrogens (tertiary/aromatic N) is 3. The fourth-order valence-corrected chi connectivity index (χ4v) is 5.12. The van der Waals surface area contributed by atoms with Crippen LogP contribution in [-0.2, 0) is 34.0 Å². The van der Waals surface area contributed by atoms with Gasteiger partial charge < -0.3 is 38.3 Å². The fourth-order valence-electron chi connectivity index (χ4n) is 5.12. The summed E-state index contributed by atoms with van der Waals surface area (Å²) in [7, 11) is 6.27. The number of aliphatic hydroxyl groups excluding tert-OH is 1. The number of hydrogen-bond acceptors (Lipinski definition) is 9. The molecule has 11 nitrogen and oxygen atoms in total. The third-order valence-electron chi connectivity index (χ3n) is 7.25. The van der Waals surface area contributed by atoms with Crippen LogP contribution in [-0.4, -0.2) is 64.5 Å². The number of methoxy groups -OCH3 is 4.